The molecule has 11 heteroatoms. The molecule has 5 aromatic heterocycles. The van der Waals surface area contributed by atoms with Crippen LogP contribution in [0.5, 0.6) is 5.75 Å². The molecular weight excluding hydrogens is 581 g/mol. The van der Waals surface area contributed by atoms with Gasteiger partial charge in [-0.15, -0.1) is 0 Å². The fourth-order valence-corrected chi connectivity index (χ4v) is 5.33. The van der Waals surface area contributed by atoms with E-state index in [2.05, 4.69) is 53.6 Å². The van der Waals surface area contributed by atoms with Crippen molar-refractivity contribution < 1.29 is 9.13 Å². The summed E-state index contributed by atoms with van der Waals surface area (Å²) >= 11 is 0. The lowest BCUT2D eigenvalue weighted by atomic mass is 10.1. The molecule has 0 saturated carbocycles. The topological polar surface area (TPSA) is 121 Å². The van der Waals surface area contributed by atoms with E-state index in [1.165, 1.54) is 17.7 Å². The first kappa shape index (κ1) is 29.2. The van der Waals surface area contributed by atoms with Gasteiger partial charge in [-0.2, -0.15) is 5.10 Å². The van der Waals surface area contributed by atoms with Gasteiger partial charge in [0.05, 0.1) is 17.4 Å². The van der Waals surface area contributed by atoms with Crippen molar-refractivity contribution in [2.24, 2.45) is 0 Å². The number of benzene rings is 2. The number of hydrogen-bond donors (Lipinski definition) is 3. The van der Waals surface area contributed by atoms with Gasteiger partial charge in [0.2, 0.25) is 0 Å². The van der Waals surface area contributed by atoms with Gasteiger partial charge in [0, 0.05) is 60.8 Å². The molecule has 7 aromatic rings. The van der Waals surface area contributed by atoms with Crippen LogP contribution in [0, 0.1) is 5.82 Å². The molecule has 0 aliphatic rings. The maximum atomic E-state index is 14.7. The fourth-order valence-electron chi connectivity index (χ4n) is 5.33. The number of aromatic nitrogens is 7. The maximum absolute atomic E-state index is 14.7. The minimum atomic E-state index is -0.387. The van der Waals surface area contributed by atoms with Gasteiger partial charge in [-0.25, -0.2) is 14.4 Å². The van der Waals surface area contributed by atoms with Crippen LogP contribution < -0.4 is 10.1 Å². The van der Waals surface area contributed by atoms with E-state index >= 15 is 0 Å². The van der Waals surface area contributed by atoms with E-state index in [1.807, 2.05) is 67.8 Å². The van der Waals surface area contributed by atoms with Crippen molar-refractivity contribution in [3.05, 3.63) is 108 Å². The number of nitrogens with zero attached hydrogens (tertiary/aromatic N) is 6. The quantitative estimate of drug-likeness (QED) is 0.163. The first-order chi connectivity index (χ1) is 22.5. The maximum Gasteiger partial charge on any atom is 0.160 e. The molecule has 0 fully saturated rings. The van der Waals surface area contributed by atoms with Crippen LogP contribution in [-0.2, 0) is 13.1 Å². The van der Waals surface area contributed by atoms with Crippen LogP contribution in [0.4, 0.5) is 4.39 Å². The normalized spacial score (nSPS) is 11.6. The molecule has 2 aromatic carbocycles. The third-order valence-electron chi connectivity index (χ3n) is 7.64. The molecule has 0 aliphatic carbocycles. The lowest BCUT2D eigenvalue weighted by Gasteiger charge is -2.12. The van der Waals surface area contributed by atoms with Crippen LogP contribution in [0.3, 0.4) is 0 Å². The largest absolute Gasteiger partial charge is 0.492 e. The van der Waals surface area contributed by atoms with Crippen molar-refractivity contribution in [2.75, 3.05) is 27.2 Å². The van der Waals surface area contributed by atoms with Crippen molar-refractivity contribution in [3.8, 4) is 39.7 Å². The number of hydrogen-bond acceptors (Lipinski definition) is 8. The first-order valence-corrected chi connectivity index (χ1v) is 15.0. The Morgan fingerprint density at radius 2 is 1.76 bits per heavy atom. The fraction of sp³-hybridized carbons (Fsp3) is 0.171. The number of imidazole rings is 1. The van der Waals surface area contributed by atoms with Gasteiger partial charge in [-0.3, -0.25) is 15.1 Å². The average molecular weight is 614 g/mol. The molecule has 0 atom stereocenters. The zero-order valence-corrected chi connectivity index (χ0v) is 25.5. The molecule has 0 radical (unpaired) electrons. The minimum absolute atomic E-state index is 0.387. The van der Waals surface area contributed by atoms with Crippen LogP contribution in [0.2, 0.25) is 0 Å². The number of likely N-dealkylation sites (N-methyl/N-ethyl adjacent to an activating group) is 1. The van der Waals surface area contributed by atoms with Gasteiger partial charge < -0.3 is 19.9 Å². The Hall–Kier alpha value is -5.52. The molecule has 0 saturated heterocycles. The van der Waals surface area contributed by atoms with E-state index in [0.717, 1.165) is 46.4 Å². The molecule has 0 spiro atoms. The number of aromatic amines is 2. The predicted molar refractivity (Wildman–Crippen MR) is 176 cm³/mol. The predicted octanol–water partition coefficient (Wildman–Crippen LogP) is 5.99. The average Bonchev–Trinajstić information content (AvgIpc) is 3.69. The second-order valence-corrected chi connectivity index (χ2v) is 11.3. The van der Waals surface area contributed by atoms with E-state index in [1.54, 1.807) is 12.4 Å². The van der Waals surface area contributed by atoms with Gasteiger partial charge in [-0.1, -0.05) is 30.3 Å². The van der Waals surface area contributed by atoms with Gasteiger partial charge >= 0.3 is 0 Å². The summed E-state index contributed by atoms with van der Waals surface area (Å²) in [4.78, 5) is 23.8. The SMILES string of the molecule is CN(C)CCOc1cc(F)cc(-c2ccnc3[nH]c(-c4n[nH]c5cnc(-c6cncc(CNCc7ccccc7)c6)cc45)nc23)c1. The highest BCUT2D eigenvalue weighted by Gasteiger charge is 2.18. The highest BCUT2D eigenvalue weighted by molar-refractivity contribution is 5.96. The third-order valence-corrected chi connectivity index (χ3v) is 7.64. The number of halogens is 1. The smallest absolute Gasteiger partial charge is 0.160 e. The summed E-state index contributed by atoms with van der Waals surface area (Å²) in [5, 5.41) is 12.0. The molecule has 230 valence electrons. The summed E-state index contributed by atoms with van der Waals surface area (Å²) in [7, 11) is 3.93. The molecule has 5 heterocycles. The number of fused-ring (bicyclic) bond motifs is 2. The molecule has 0 aliphatic heterocycles. The molecular formula is C35H32FN9O. The molecule has 10 nitrogen and oxygen atoms in total. The molecule has 0 bridgehead atoms. The molecule has 46 heavy (non-hydrogen) atoms. The van der Waals surface area contributed by atoms with Crippen molar-refractivity contribution in [2.45, 2.75) is 13.1 Å². The number of pyridine rings is 3. The second-order valence-electron chi connectivity index (χ2n) is 11.3. The molecule has 0 amide bonds. The number of ether oxygens (including phenoxy) is 1. The van der Waals surface area contributed by atoms with E-state index in [-0.39, 0.29) is 5.82 Å². The van der Waals surface area contributed by atoms with Crippen LogP contribution in [0.15, 0.2) is 91.5 Å². The van der Waals surface area contributed by atoms with Gasteiger partial charge in [0.25, 0.3) is 0 Å². The van der Waals surface area contributed by atoms with Crippen molar-refractivity contribution in [3.63, 3.8) is 0 Å². The van der Waals surface area contributed by atoms with E-state index in [9.17, 15) is 4.39 Å². The standard InChI is InChI=1S/C35H32FN9O/c1-45(2)10-11-46-27-14-24(13-26(36)15-27)28-8-9-39-34-32(28)41-35(42-34)33-29-16-30(40-21-31(29)43-44-33)25-12-23(19-38-20-25)18-37-17-22-6-4-3-5-7-22/h3-9,12-16,19-21,37H,10-11,17-18H2,1-2H3,(H,43,44)(H,39,41,42). The summed E-state index contributed by atoms with van der Waals surface area (Å²) in [6, 6.07) is 20.9. The Morgan fingerprint density at radius 3 is 2.63 bits per heavy atom. The summed E-state index contributed by atoms with van der Waals surface area (Å²) in [5.74, 6) is 0.609. The third kappa shape index (κ3) is 6.32. The van der Waals surface area contributed by atoms with Crippen LogP contribution in [0.25, 0.3) is 56.0 Å². The Bertz CT molecular complexity index is 2120. The van der Waals surface area contributed by atoms with Crippen LogP contribution in [0.1, 0.15) is 11.1 Å². The lowest BCUT2D eigenvalue weighted by Crippen LogP contribution is -2.19. The zero-order chi connectivity index (χ0) is 31.5. The highest BCUT2D eigenvalue weighted by Crippen LogP contribution is 2.33. The molecule has 3 N–H and O–H groups in total. The second kappa shape index (κ2) is 12.8. The highest BCUT2D eigenvalue weighted by atomic mass is 19.1. The number of H-pyrrole nitrogens is 2. The number of rotatable bonds is 11. The van der Waals surface area contributed by atoms with Gasteiger partial charge in [0.1, 0.15) is 29.4 Å². The molecule has 0 unspecified atom stereocenters. The van der Waals surface area contributed by atoms with E-state index in [4.69, 9.17) is 9.72 Å². The van der Waals surface area contributed by atoms with Crippen molar-refractivity contribution in [1.82, 2.24) is 45.3 Å². The monoisotopic (exact) mass is 613 g/mol. The summed E-state index contributed by atoms with van der Waals surface area (Å²) in [6.45, 7) is 2.62. The zero-order valence-electron chi connectivity index (χ0n) is 25.5. The van der Waals surface area contributed by atoms with E-state index in [0.29, 0.717) is 47.1 Å². The van der Waals surface area contributed by atoms with Crippen LogP contribution >= 0.6 is 0 Å². The summed E-state index contributed by atoms with van der Waals surface area (Å²) in [5.41, 5.74) is 7.90. The molecule has 7 rings (SSSR count). The van der Waals surface area contributed by atoms with Gasteiger partial charge in [-0.05, 0) is 61.1 Å². The van der Waals surface area contributed by atoms with E-state index < -0.39 is 0 Å². The minimum Gasteiger partial charge on any atom is -0.492 e. The lowest BCUT2D eigenvalue weighted by molar-refractivity contribution is 0.260. The van der Waals surface area contributed by atoms with Crippen LogP contribution in [-0.4, -0.2) is 67.3 Å². The number of nitrogens with one attached hydrogen (secondary N) is 3. The Labute approximate surface area is 264 Å². The summed E-state index contributed by atoms with van der Waals surface area (Å²) < 4.78 is 20.5. The van der Waals surface area contributed by atoms with Crippen molar-refractivity contribution >= 4 is 22.1 Å². The Balaban J connectivity index is 1.17. The summed E-state index contributed by atoms with van der Waals surface area (Å²) in [6.07, 6.45) is 7.11. The van der Waals surface area contributed by atoms with Crippen molar-refractivity contribution in [1.29, 1.82) is 0 Å². The Morgan fingerprint density at radius 1 is 0.891 bits per heavy atom. The first-order valence-electron chi connectivity index (χ1n) is 15.0. The van der Waals surface area contributed by atoms with Gasteiger partial charge in [0.15, 0.2) is 11.5 Å². The Kier molecular flexibility index (Phi) is 8.15.